The molecule has 30 heavy (non-hydrogen) atoms. The largest absolute Gasteiger partial charge is 0.484 e. The molecule has 0 radical (unpaired) electrons. The lowest BCUT2D eigenvalue weighted by molar-refractivity contribution is -0.127. The number of aryl methyl sites for hydroxylation is 1. The third-order valence-electron chi connectivity index (χ3n) is 4.05. The molecule has 1 aromatic heterocycles. The second kappa shape index (κ2) is 9.32. The van der Waals surface area contributed by atoms with Crippen LogP contribution in [0.25, 0.3) is 10.8 Å². The average molecular weight is 409 g/mol. The van der Waals surface area contributed by atoms with Crippen molar-refractivity contribution in [2.75, 3.05) is 13.2 Å². The molecule has 3 aromatic rings. The molecule has 3 amide bonds. The van der Waals surface area contributed by atoms with E-state index in [4.69, 9.17) is 4.74 Å². The lowest BCUT2D eigenvalue weighted by Gasteiger charge is -2.10. The summed E-state index contributed by atoms with van der Waals surface area (Å²) in [5, 5.41) is 7.03. The highest BCUT2D eigenvalue weighted by Crippen LogP contribution is 2.12. The SMILES string of the molecule is Cn1nc(C(=O)NNC(=O)CNC(=O)COc2ccccc2)c2ccccc2c1=O. The first-order valence-electron chi connectivity index (χ1n) is 8.95. The minimum absolute atomic E-state index is 0.0201. The molecule has 0 aliphatic heterocycles. The molecule has 10 nitrogen and oxygen atoms in total. The van der Waals surface area contributed by atoms with Crippen LogP contribution in [0.5, 0.6) is 5.75 Å². The Morgan fingerprint density at radius 3 is 2.33 bits per heavy atom. The molecule has 0 unspecified atom stereocenters. The first-order valence-corrected chi connectivity index (χ1v) is 8.95. The molecule has 0 saturated carbocycles. The van der Waals surface area contributed by atoms with Crippen molar-refractivity contribution in [2.24, 2.45) is 7.05 Å². The van der Waals surface area contributed by atoms with Crippen LogP contribution < -0.4 is 26.5 Å². The van der Waals surface area contributed by atoms with Crippen molar-refractivity contribution in [1.29, 1.82) is 0 Å². The van der Waals surface area contributed by atoms with Crippen LogP contribution in [0.1, 0.15) is 10.5 Å². The smallest absolute Gasteiger partial charge is 0.290 e. The summed E-state index contributed by atoms with van der Waals surface area (Å²) in [5.41, 5.74) is 4.05. The van der Waals surface area contributed by atoms with Crippen molar-refractivity contribution in [3.8, 4) is 5.75 Å². The van der Waals surface area contributed by atoms with E-state index in [1.165, 1.54) is 7.05 Å². The highest BCUT2D eigenvalue weighted by molar-refractivity contribution is 6.05. The third-order valence-corrected chi connectivity index (χ3v) is 4.05. The predicted molar refractivity (Wildman–Crippen MR) is 108 cm³/mol. The molecule has 0 atom stereocenters. The Hall–Kier alpha value is -4.21. The molecule has 10 heteroatoms. The summed E-state index contributed by atoms with van der Waals surface area (Å²) in [4.78, 5) is 48.2. The zero-order valence-corrected chi connectivity index (χ0v) is 16.0. The van der Waals surface area contributed by atoms with Crippen LogP contribution in [0.2, 0.25) is 0 Å². The van der Waals surface area contributed by atoms with Gasteiger partial charge in [0.05, 0.1) is 11.9 Å². The maximum absolute atomic E-state index is 12.4. The molecular weight excluding hydrogens is 390 g/mol. The number of para-hydroxylation sites is 1. The fourth-order valence-electron chi connectivity index (χ4n) is 2.59. The molecule has 1 heterocycles. The molecule has 2 aromatic carbocycles. The second-order valence-electron chi connectivity index (χ2n) is 6.20. The summed E-state index contributed by atoms with van der Waals surface area (Å²) >= 11 is 0. The maximum Gasteiger partial charge on any atom is 0.290 e. The van der Waals surface area contributed by atoms with E-state index in [0.29, 0.717) is 16.5 Å². The predicted octanol–water partition coefficient (Wildman–Crippen LogP) is -0.110. The summed E-state index contributed by atoms with van der Waals surface area (Å²) in [6.07, 6.45) is 0. The number of amides is 3. The van der Waals surface area contributed by atoms with E-state index in [-0.39, 0.29) is 24.4 Å². The summed E-state index contributed by atoms with van der Waals surface area (Å²) in [5.74, 6) is -1.31. The van der Waals surface area contributed by atoms with E-state index in [9.17, 15) is 19.2 Å². The Bertz CT molecular complexity index is 1140. The van der Waals surface area contributed by atoms with E-state index >= 15 is 0 Å². The Morgan fingerprint density at radius 2 is 1.60 bits per heavy atom. The van der Waals surface area contributed by atoms with Gasteiger partial charge in [0.15, 0.2) is 12.3 Å². The topological polar surface area (TPSA) is 131 Å². The molecular formula is C20H19N5O5. The fraction of sp³-hybridized carbons (Fsp3) is 0.150. The second-order valence-corrected chi connectivity index (χ2v) is 6.20. The molecule has 0 fully saturated rings. The minimum Gasteiger partial charge on any atom is -0.484 e. The quantitative estimate of drug-likeness (QED) is 0.487. The standard InChI is InChI=1S/C20H19N5O5/c1-25-20(29)15-10-6-5-9-14(15)18(24-25)19(28)23-22-16(26)11-21-17(27)12-30-13-7-3-2-4-8-13/h2-10H,11-12H2,1H3,(H,21,27)(H,22,26)(H,23,28). The van der Waals surface area contributed by atoms with E-state index in [1.54, 1.807) is 48.5 Å². The highest BCUT2D eigenvalue weighted by atomic mass is 16.5. The van der Waals surface area contributed by atoms with Crippen molar-refractivity contribution in [2.45, 2.75) is 0 Å². The number of nitrogens with zero attached hydrogens (tertiary/aromatic N) is 2. The van der Waals surface area contributed by atoms with Crippen molar-refractivity contribution >= 4 is 28.5 Å². The zero-order chi connectivity index (χ0) is 21.5. The summed E-state index contributed by atoms with van der Waals surface area (Å²) in [7, 11) is 1.43. The Morgan fingerprint density at radius 1 is 0.933 bits per heavy atom. The zero-order valence-electron chi connectivity index (χ0n) is 16.0. The van der Waals surface area contributed by atoms with Crippen LogP contribution >= 0.6 is 0 Å². The lowest BCUT2D eigenvalue weighted by Crippen LogP contribution is -2.47. The monoisotopic (exact) mass is 409 g/mol. The van der Waals surface area contributed by atoms with Crippen molar-refractivity contribution in [1.82, 2.24) is 25.9 Å². The van der Waals surface area contributed by atoms with Crippen LogP contribution in [0.4, 0.5) is 0 Å². The molecule has 3 rings (SSSR count). The molecule has 3 N–H and O–H groups in total. The number of hydrogen-bond donors (Lipinski definition) is 3. The highest BCUT2D eigenvalue weighted by Gasteiger charge is 2.16. The van der Waals surface area contributed by atoms with Gasteiger partial charge < -0.3 is 10.1 Å². The van der Waals surface area contributed by atoms with Crippen LogP contribution in [0, 0.1) is 0 Å². The number of nitrogens with one attached hydrogen (secondary N) is 3. The first-order chi connectivity index (χ1) is 14.5. The number of aromatic nitrogens is 2. The fourth-order valence-corrected chi connectivity index (χ4v) is 2.59. The van der Waals surface area contributed by atoms with Crippen molar-refractivity contribution in [3.63, 3.8) is 0 Å². The molecule has 0 aliphatic carbocycles. The molecule has 0 saturated heterocycles. The maximum atomic E-state index is 12.4. The van der Waals surface area contributed by atoms with Gasteiger partial charge in [0, 0.05) is 12.4 Å². The van der Waals surface area contributed by atoms with E-state index in [2.05, 4.69) is 21.3 Å². The normalized spacial score (nSPS) is 10.3. The van der Waals surface area contributed by atoms with Crippen LogP contribution in [0.15, 0.2) is 59.4 Å². The lowest BCUT2D eigenvalue weighted by atomic mass is 10.1. The number of hydrazine groups is 1. The summed E-state index contributed by atoms with van der Waals surface area (Å²) < 4.78 is 6.32. The molecule has 0 aliphatic rings. The molecule has 154 valence electrons. The van der Waals surface area contributed by atoms with E-state index in [1.807, 2.05) is 6.07 Å². The first kappa shape index (κ1) is 20.5. The Labute approximate surface area is 170 Å². The van der Waals surface area contributed by atoms with Gasteiger partial charge >= 0.3 is 0 Å². The van der Waals surface area contributed by atoms with Gasteiger partial charge in [-0.2, -0.15) is 5.10 Å². The van der Waals surface area contributed by atoms with E-state index in [0.717, 1.165) is 4.68 Å². The number of hydrogen-bond acceptors (Lipinski definition) is 6. The van der Waals surface area contributed by atoms with Gasteiger partial charge in [0.2, 0.25) is 0 Å². The van der Waals surface area contributed by atoms with Gasteiger partial charge in [-0.15, -0.1) is 0 Å². The van der Waals surface area contributed by atoms with Crippen LogP contribution in [-0.2, 0) is 16.6 Å². The van der Waals surface area contributed by atoms with Gasteiger partial charge in [0.25, 0.3) is 23.3 Å². The summed E-state index contributed by atoms with van der Waals surface area (Å²) in [6, 6.07) is 15.3. The van der Waals surface area contributed by atoms with Gasteiger partial charge in [-0.3, -0.25) is 30.0 Å². The van der Waals surface area contributed by atoms with Gasteiger partial charge in [-0.1, -0.05) is 36.4 Å². The van der Waals surface area contributed by atoms with Gasteiger partial charge in [-0.05, 0) is 18.2 Å². The minimum atomic E-state index is -0.700. The molecule has 0 spiro atoms. The average Bonchev–Trinajstić information content (AvgIpc) is 2.77. The third kappa shape index (κ3) is 4.98. The number of benzene rings is 2. The number of carbonyl (C=O) groups excluding carboxylic acids is 3. The van der Waals surface area contributed by atoms with Crippen LogP contribution in [-0.4, -0.2) is 40.7 Å². The van der Waals surface area contributed by atoms with Crippen LogP contribution in [0.3, 0.4) is 0 Å². The number of ether oxygens (including phenoxy) is 1. The number of rotatable bonds is 6. The number of carbonyl (C=O) groups is 3. The number of fused-ring (bicyclic) bond motifs is 1. The Kier molecular flexibility index (Phi) is 6.38. The van der Waals surface area contributed by atoms with Gasteiger partial charge in [-0.25, -0.2) is 4.68 Å². The van der Waals surface area contributed by atoms with E-state index < -0.39 is 17.7 Å². The summed E-state index contributed by atoms with van der Waals surface area (Å²) in [6.45, 7) is -0.615. The Balaban J connectivity index is 1.51. The van der Waals surface area contributed by atoms with Crippen molar-refractivity contribution in [3.05, 3.63) is 70.6 Å². The molecule has 0 bridgehead atoms. The van der Waals surface area contributed by atoms with Crippen molar-refractivity contribution < 1.29 is 19.1 Å². The van der Waals surface area contributed by atoms with Gasteiger partial charge in [0.1, 0.15) is 5.75 Å².